The molecule has 0 spiro atoms. The molecule has 1 aromatic heterocycles. The molecular formula is C15H22BrNS. The lowest BCUT2D eigenvalue weighted by atomic mass is 9.71. The molecule has 0 radical (unpaired) electrons. The van der Waals surface area contributed by atoms with Crippen molar-refractivity contribution < 1.29 is 0 Å². The minimum atomic E-state index is 0.547. The van der Waals surface area contributed by atoms with Crippen LogP contribution in [0.25, 0.3) is 0 Å². The van der Waals surface area contributed by atoms with Crippen LogP contribution in [0.1, 0.15) is 49.8 Å². The van der Waals surface area contributed by atoms with E-state index in [1.54, 1.807) is 4.88 Å². The molecule has 100 valence electrons. The van der Waals surface area contributed by atoms with E-state index in [2.05, 4.69) is 33.4 Å². The van der Waals surface area contributed by atoms with Gasteiger partial charge in [0.25, 0.3) is 0 Å². The van der Waals surface area contributed by atoms with Crippen LogP contribution in [0.2, 0.25) is 0 Å². The lowest BCUT2D eigenvalue weighted by Crippen LogP contribution is -2.38. The molecule has 2 saturated carbocycles. The first-order valence-corrected chi connectivity index (χ1v) is 8.84. The van der Waals surface area contributed by atoms with Gasteiger partial charge in [-0.05, 0) is 65.6 Å². The van der Waals surface area contributed by atoms with Crippen molar-refractivity contribution in [1.29, 1.82) is 0 Å². The van der Waals surface area contributed by atoms with Crippen LogP contribution in [0.15, 0.2) is 15.9 Å². The highest BCUT2D eigenvalue weighted by atomic mass is 79.9. The third-order valence-electron chi connectivity index (χ3n) is 4.44. The van der Waals surface area contributed by atoms with Crippen LogP contribution in [-0.4, -0.2) is 12.6 Å². The Bertz CT molecular complexity index is 391. The van der Waals surface area contributed by atoms with Crippen molar-refractivity contribution in [3.05, 3.63) is 20.8 Å². The van der Waals surface area contributed by atoms with Gasteiger partial charge < -0.3 is 5.32 Å². The first-order chi connectivity index (χ1) is 8.76. The summed E-state index contributed by atoms with van der Waals surface area (Å²) in [5.74, 6) is 0. The van der Waals surface area contributed by atoms with Crippen LogP contribution < -0.4 is 5.32 Å². The van der Waals surface area contributed by atoms with Crippen molar-refractivity contribution in [2.24, 2.45) is 5.41 Å². The lowest BCUT2D eigenvalue weighted by molar-refractivity contribution is 0.181. The zero-order chi connectivity index (χ0) is 12.4. The zero-order valence-electron chi connectivity index (χ0n) is 10.9. The molecule has 0 atom stereocenters. The van der Waals surface area contributed by atoms with Gasteiger partial charge in [0.1, 0.15) is 0 Å². The second-order valence-corrected chi connectivity index (χ2v) is 8.65. The van der Waals surface area contributed by atoms with E-state index in [4.69, 9.17) is 0 Å². The smallest absolute Gasteiger partial charge is 0.0701 e. The molecule has 0 amide bonds. The average Bonchev–Trinajstić information content (AvgIpc) is 3.12. The van der Waals surface area contributed by atoms with E-state index in [0.29, 0.717) is 5.41 Å². The largest absolute Gasteiger partial charge is 0.313 e. The maximum absolute atomic E-state index is 3.79. The fourth-order valence-corrected chi connectivity index (χ4v) is 4.84. The van der Waals surface area contributed by atoms with E-state index >= 15 is 0 Å². The molecule has 2 aliphatic rings. The molecule has 2 aliphatic carbocycles. The predicted molar refractivity (Wildman–Crippen MR) is 82.3 cm³/mol. The molecule has 2 fully saturated rings. The van der Waals surface area contributed by atoms with Crippen molar-refractivity contribution in [1.82, 2.24) is 5.32 Å². The predicted octanol–water partition coefficient (Wildman–Crippen LogP) is 4.76. The number of thiophene rings is 1. The molecule has 1 N–H and O–H groups in total. The molecule has 3 rings (SSSR count). The standard InChI is InChI=1S/C15H22BrNS/c16-14-7-6-13(18-14)10-15(8-2-1-3-9-15)11-17-12-4-5-12/h6-7,12,17H,1-5,8-11H2. The van der Waals surface area contributed by atoms with Crippen molar-refractivity contribution in [3.63, 3.8) is 0 Å². The Kier molecular flexibility index (Phi) is 4.12. The molecule has 1 aromatic rings. The molecule has 0 saturated heterocycles. The highest BCUT2D eigenvalue weighted by Crippen LogP contribution is 2.41. The molecule has 1 heterocycles. The summed E-state index contributed by atoms with van der Waals surface area (Å²) in [4.78, 5) is 1.56. The summed E-state index contributed by atoms with van der Waals surface area (Å²) in [5, 5.41) is 3.79. The van der Waals surface area contributed by atoms with Gasteiger partial charge >= 0.3 is 0 Å². The summed E-state index contributed by atoms with van der Waals surface area (Å²) < 4.78 is 1.28. The third-order valence-corrected chi connectivity index (χ3v) is 6.06. The van der Waals surface area contributed by atoms with Gasteiger partial charge in [-0.3, -0.25) is 0 Å². The Hall–Kier alpha value is 0.140. The minimum Gasteiger partial charge on any atom is -0.313 e. The van der Waals surface area contributed by atoms with Crippen LogP contribution in [0.3, 0.4) is 0 Å². The van der Waals surface area contributed by atoms with Gasteiger partial charge in [-0.2, -0.15) is 0 Å². The summed E-state index contributed by atoms with van der Waals surface area (Å²) in [6.07, 6.45) is 11.2. The summed E-state index contributed by atoms with van der Waals surface area (Å²) in [5.41, 5.74) is 0.547. The maximum Gasteiger partial charge on any atom is 0.0701 e. The molecule has 18 heavy (non-hydrogen) atoms. The van der Waals surface area contributed by atoms with E-state index < -0.39 is 0 Å². The SMILES string of the molecule is Brc1ccc(CC2(CNC3CC3)CCCCC2)s1. The minimum absolute atomic E-state index is 0.547. The second kappa shape index (κ2) is 5.64. The molecule has 1 nitrogen and oxygen atoms in total. The van der Waals surface area contributed by atoms with Gasteiger partial charge in [-0.1, -0.05) is 19.3 Å². The van der Waals surface area contributed by atoms with Crippen LogP contribution in [0.4, 0.5) is 0 Å². The Morgan fingerprint density at radius 2 is 2.00 bits per heavy atom. The highest BCUT2D eigenvalue weighted by Gasteiger charge is 2.34. The summed E-state index contributed by atoms with van der Waals surface area (Å²) in [7, 11) is 0. The first-order valence-electron chi connectivity index (χ1n) is 7.23. The molecule has 0 unspecified atom stereocenters. The van der Waals surface area contributed by atoms with Gasteiger partial charge in [-0.25, -0.2) is 0 Å². The van der Waals surface area contributed by atoms with E-state index in [1.807, 2.05) is 11.3 Å². The van der Waals surface area contributed by atoms with Gasteiger partial charge in [0.05, 0.1) is 3.79 Å². The normalized spacial score (nSPS) is 23.2. The summed E-state index contributed by atoms with van der Waals surface area (Å²) >= 11 is 5.51. The first kappa shape index (κ1) is 13.1. The molecule has 3 heteroatoms. The van der Waals surface area contributed by atoms with Crippen molar-refractivity contribution in [2.75, 3.05) is 6.54 Å². The maximum atomic E-state index is 3.79. The fraction of sp³-hybridized carbons (Fsp3) is 0.733. The Morgan fingerprint density at radius 3 is 2.61 bits per heavy atom. The van der Waals surface area contributed by atoms with Gasteiger partial charge in [0.2, 0.25) is 0 Å². The number of hydrogen-bond acceptors (Lipinski definition) is 2. The lowest BCUT2D eigenvalue weighted by Gasteiger charge is -2.37. The topological polar surface area (TPSA) is 12.0 Å². The van der Waals surface area contributed by atoms with E-state index in [1.165, 1.54) is 61.7 Å². The third kappa shape index (κ3) is 3.37. The van der Waals surface area contributed by atoms with Gasteiger partial charge in [0, 0.05) is 17.5 Å². The number of rotatable bonds is 5. The monoisotopic (exact) mass is 327 g/mol. The Labute approximate surface area is 122 Å². The molecule has 0 aliphatic heterocycles. The van der Waals surface area contributed by atoms with Crippen LogP contribution >= 0.6 is 27.3 Å². The Morgan fingerprint density at radius 1 is 1.22 bits per heavy atom. The van der Waals surface area contributed by atoms with Crippen molar-refractivity contribution in [3.8, 4) is 0 Å². The zero-order valence-corrected chi connectivity index (χ0v) is 13.3. The number of hydrogen-bond donors (Lipinski definition) is 1. The molecule has 0 bridgehead atoms. The van der Waals surface area contributed by atoms with Crippen LogP contribution in [-0.2, 0) is 6.42 Å². The second-order valence-electron chi connectivity index (χ2n) is 6.10. The van der Waals surface area contributed by atoms with Gasteiger partial charge in [0.15, 0.2) is 0 Å². The summed E-state index contributed by atoms with van der Waals surface area (Å²) in [6.45, 7) is 1.24. The number of halogens is 1. The van der Waals surface area contributed by atoms with Gasteiger partial charge in [-0.15, -0.1) is 11.3 Å². The average molecular weight is 328 g/mol. The van der Waals surface area contributed by atoms with E-state index in [-0.39, 0.29) is 0 Å². The van der Waals surface area contributed by atoms with Crippen LogP contribution in [0, 0.1) is 5.41 Å². The van der Waals surface area contributed by atoms with Crippen LogP contribution in [0.5, 0.6) is 0 Å². The van der Waals surface area contributed by atoms with Crippen molar-refractivity contribution in [2.45, 2.75) is 57.4 Å². The van der Waals surface area contributed by atoms with Crippen molar-refractivity contribution >= 4 is 27.3 Å². The number of nitrogens with one attached hydrogen (secondary N) is 1. The van der Waals surface area contributed by atoms with E-state index in [0.717, 1.165) is 6.04 Å². The quantitative estimate of drug-likeness (QED) is 0.822. The van der Waals surface area contributed by atoms with E-state index in [9.17, 15) is 0 Å². The Balaban J connectivity index is 1.66. The fourth-order valence-electron chi connectivity index (χ4n) is 3.18. The summed E-state index contributed by atoms with van der Waals surface area (Å²) in [6, 6.07) is 5.35. The molecular weight excluding hydrogens is 306 g/mol. The molecule has 0 aromatic carbocycles. The highest BCUT2D eigenvalue weighted by molar-refractivity contribution is 9.11.